The predicted molar refractivity (Wildman–Crippen MR) is 115 cm³/mol. The Labute approximate surface area is 175 Å². The van der Waals surface area contributed by atoms with E-state index < -0.39 is 0 Å². The monoisotopic (exact) mass is 483 g/mol. The summed E-state index contributed by atoms with van der Waals surface area (Å²) in [7, 11) is 0. The average Bonchev–Trinajstić information content (AvgIpc) is 2.48. The highest BCUT2D eigenvalue weighted by Crippen LogP contribution is 2.66. The van der Waals surface area contributed by atoms with Crippen LogP contribution in [0.2, 0.25) is 0 Å². The Morgan fingerprint density at radius 1 is 1.08 bits per heavy atom. The molecular weight excluding hydrogens is 454 g/mol. The van der Waals surface area contributed by atoms with E-state index in [1.165, 1.54) is 44.1 Å². The van der Waals surface area contributed by atoms with Crippen molar-refractivity contribution in [3.05, 3.63) is 26.6 Å². The smallest absolute Gasteiger partial charge is 0.138 e. The van der Waals surface area contributed by atoms with E-state index in [2.05, 4.69) is 70.1 Å². The number of nitrogens with one attached hydrogen (secondary N) is 1. The van der Waals surface area contributed by atoms with E-state index in [-0.39, 0.29) is 0 Å². The first kappa shape index (κ1) is 19.3. The fraction of sp³-hybridized carbons (Fsp3) is 0.727. The molecule has 2 nitrogen and oxygen atoms in total. The Hall–Kier alpha value is -0.0600. The summed E-state index contributed by atoms with van der Waals surface area (Å²) in [4.78, 5) is 0. The van der Waals surface area contributed by atoms with Crippen LogP contribution >= 0.6 is 31.9 Å². The van der Waals surface area contributed by atoms with Crippen molar-refractivity contribution in [2.75, 3.05) is 6.61 Å². The molecule has 1 N–H and O–H groups in total. The minimum Gasteiger partial charge on any atom is -0.492 e. The Balaban J connectivity index is 1.56. The summed E-state index contributed by atoms with van der Waals surface area (Å²) in [6.45, 7) is 8.88. The van der Waals surface area contributed by atoms with E-state index in [0.717, 1.165) is 40.2 Å². The lowest BCUT2D eigenvalue weighted by Crippen LogP contribution is -2.63. The van der Waals surface area contributed by atoms with Gasteiger partial charge in [0.2, 0.25) is 0 Å². The summed E-state index contributed by atoms with van der Waals surface area (Å²) in [5.41, 5.74) is 2.66. The van der Waals surface area contributed by atoms with Crippen LogP contribution < -0.4 is 10.1 Å². The van der Waals surface area contributed by atoms with Crippen molar-refractivity contribution in [1.82, 2.24) is 5.32 Å². The standard InChI is InChI=1S/C22H31Br2NO/c1-4-5-26-19-16(6-17(23)7-18(19)24)11-25-22-10-15-8-20(2,13-22)12-21(3,9-15)14-22/h6-7,15,25H,4-5,8-14H2,1-3H3. The summed E-state index contributed by atoms with van der Waals surface area (Å²) in [5.74, 6) is 1.92. The molecule has 5 rings (SSSR count). The topological polar surface area (TPSA) is 21.3 Å². The van der Waals surface area contributed by atoms with Crippen LogP contribution in [0.4, 0.5) is 0 Å². The number of benzene rings is 1. The van der Waals surface area contributed by atoms with Crippen molar-refractivity contribution in [2.45, 2.75) is 77.8 Å². The highest BCUT2D eigenvalue weighted by atomic mass is 79.9. The molecule has 1 aromatic rings. The van der Waals surface area contributed by atoms with Gasteiger partial charge in [0.25, 0.3) is 0 Å². The maximum Gasteiger partial charge on any atom is 0.138 e. The molecule has 0 aromatic heterocycles. The van der Waals surface area contributed by atoms with Crippen LogP contribution in [0, 0.1) is 16.7 Å². The van der Waals surface area contributed by atoms with Crippen molar-refractivity contribution in [3.63, 3.8) is 0 Å². The third kappa shape index (κ3) is 3.63. The van der Waals surface area contributed by atoms with E-state index in [1.54, 1.807) is 0 Å². The van der Waals surface area contributed by atoms with Crippen molar-refractivity contribution >= 4 is 31.9 Å². The molecule has 144 valence electrons. The van der Waals surface area contributed by atoms with Crippen LogP contribution in [-0.2, 0) is 6.54 Å². The van der Waals surface area contributed by atoms with Gasteiger partial charge in [0, 0.05) is 22.1 Å². The third-order valence-electron chi connectivity index (χ3n) is 6.82. The van der Waals surface area contributed by atoms with E-state index in [4.69, 9.17) is 4.74 Å². The van der Waals surface area contributed by atoms with Crippen LogP contribution in [0.15, 0.2) is 21.1 Å². The minimum absolute atomic E-state index is 0.319. The molecule has 4 fully saturated rings. The maximum absolute atomic E-state index is 6.08. The molecule has 4 heteroatoms. The van der Waals surface area contributed by atoms with Gasteiger partial charge in [-0.2, -0.15) is 0 Å². The number of rotatable bonds is 6. The molecule has 0 aliphatic heterocycles. The highest BCUT2D eigenvalue weighted by Gasteiger charge is 2.59. The molecule has 2 unspecified atom stereocenters. The van der Waals surface area contributed by atoms with Gasteiger partial charge < -0.3 is 10.1 Å². The molecule has 4 saturated carbocycles. The molecule has 0 heterocycles. The number of hydrogen-bond donors (Lipinski definition) is 1. The zero-order chi connectivity index (χ0) is 18.6. The summed E-state index contributed by atoms with van der Waals surface area (Å²) in [6, 6.07) is 4.30. The quantitative estimate of drug-likeness (QED) is 0.477. The van der Waals surface area contributed by atoms with Gasteiger partial charge >= 0.3 is 0 Å². The third-order valence-corrected chi connectivity index (χ3v) is 7.86. The van der Waals surface area contributed by atoms with Crippen molar-refractivity contribution in [2.24, 2.45) is 16.7 Å². The van der Waals surface area contributed by atoms with Crippen molar-refractivity contribution in [1.29, 1.82) is 0 Å². The average molecular weight is 485 g/mol. The molecule has 4 bridgehead atoms. The largest absolute Gasteiger partial charge is 0.492 e. The molecule has 0 radical (unpaired) electrons. The lowest BCUT2D eigenvalue weighted by Gasteiger charge is -2.65. The Morgan fingerprint density at radius 2 is 1.77 bits per heavy atom. The van der Waals surface area contributed by atoms with E-state index in [9.17, 15) is 0 Å². The fourth-order valence-corrected chi connectivity index (χ4v) is 8.47. The lowest BCUT2D eigenvalue weighted by atomic mass is 9.43. The second kappa shape index (κ2) is 6.77. The molecule has 2 atom stereocenters. The first-order valence-electron chi connectivity index (χ1n) is 10.1. The normalized spacial score (nSPS) is 38.0. The van der Waals surface area contributed by atoms with Crippen LogP contribution in [0.25, 0.3) is 0 Å². The van der Waals surface area contributed by atoms with Crippen LogP contribution in [0.1, 0.15) is 71.3 Å². The zero-order valence-corrected chi connectivity index (χ0v) is 19.4. The van der Waals surface area contributed by atoms with Crippen LogP contribution in [-0.4, -0.2) is 12.1 Å². The van der Waals surface area contributed by atoms with Gasteiger partial charge in [-0.3, -0.25) is 0 Å². The second-order valence-electron chi connectivity index (χ2n) is 9.99. The number of ether oxygens (including phenoxy) is 1. The van der Waals surface area contributed by atoms with Gasteiger partial charge in [0.1, 0.15) is 5.75 Å². The van der Waals surface area contributed by atoms with E-state index in [0.29, 0.717) is 16.4 Å². The van der Waals surface area contributed by atoms with Gasteiger partial charge in [0.15, 0.2) is 0 Å². The molecule has 0 saturated heterocycles. The molecule has 0 spiro atoms. The zero-order valence-electron chi connectivity index (χ0n) is 16.3. The first-order chi connectivity index (χ1) is 12.2. The maximum atomic E-state index is 6.08. The summed E-state index contributed by atoms with van der Waals surface area (Å²) in [6.07, 6.45) is 9.38. The van der Waals surface area contributed by atoms with Gasteiger partial charge in [0.05, 0.1) is 11.1 Å². The Kier molecular flexibility index (Phi) is 5.02. The summed E-state index contributed by atoms with van der Waals surface area (Å²) >= 11 is 7.35. The number of hydrogen-bond acceptors (Lipinski definition) is 2. The summed E-state index contributed by atoms with van der Waals surface area (Å²) < 4.78 is 8.22. The van der Waals surface area contributed by atoms with Gasteiger partial charge in [-0.25, -0.2) is 0 Å². The molecule has 4 aliphatic rings. The molecule has 4 aliphatic carbocycles. The SMILES string of the molecule is CCCOc1c(Br)cc(Br)cc1CNC12CC3CC(C)(CC(C)(C3)C1)C2. The highest BCUT2D eigenvalue weighted by molar-refractivity contribution is 9.11. The Morgan fingerprint density at radius 3 is 2.38 bits per heavy atom. The summed E-state index contributed by atoms with van der Waals surface area (Å²) in [5, 5.41) is 4.04. The molecule has 26 heavy (non-hydrogen) atoms. The van der Waals surface area contributed by atoms with Crippen molar-refractivity contribution in [3.8, 4) is 5.75 Å². The van der Waals surface area contributed by atoms with E-state index >= 15 is 0 Å². The fourth-order valence-electron chi connectivity index (χ4n) is 7.04. The molecular formula is C22H31Br2NO. The van der Waals surface area contributed by atoms with Crippen LogP contribution in [0.5, 0.6) is 5.75 Å². The van der Waals surface area contributed by atoms with E-state index in [1.807, 2.05) is 0 Å². The predicted octanol–water partition coefficient (Wildman–Crippen LogP) is 6.84. The van der Waals surface area contributed by atoms with Gasteiger partial charge in [-0.1, -0.05) is 36.7 Å². The van der Waals surface area contributed by atoms with Crippen LogP contribution in [0.3, 0.4) is 0 Å². The second-order valence-corrected chi connectivity index (χ2v) is 11.8. The minimum atomic E-state index is 0.319. The van der Waals surface area contributed by atoms with Gasteiger partial charge in [-0.15, -0.1) is 0 Å². The Bertz CT molecular complexity index is 686. The molecule has 0 amide bonds. The lowest BCUT2D eigenvalue weighted by molar-refractivity contribution is -0.118. The van der Waals surface area contributed by atoms with Crippen molar-refractivity contribution < 1.29 is 4.74 Å². The molecule has 1 aromatic carbocycles. The van der Waals surface area contributed by atoms with Gasteiger partial charge in [-0.05, 0) is 89.8 Å². The first-order valence-corrected chi connectivity index (χ1v) is 11.7. The number of halogens is 2.